The monoisotopic (exact) mass is 235 g/mol. The summed E-state index contributed by atoms with van der Waals surface area (Å²) in [6, 6.07) is 12.1. The molecule has 82 valence electrons. The van der Waals surface area contributed by atoms with Crippen LogP contribution in [0.25, 0.3) is 0 Å². The number of rotatable bonds is 2. The van der Waals surface area contributed by atoms with Crippen LogP contribution in [0.4, 0.5) is 8.78 Å². The Morgan fingerprint density at radius 3 is 1.31 bits per heavy atom. The van der Waals surface area contributed by atoms with Gasteiger partial charge in [0.05, 0.1) is 0 Å². The lowest BCUT2D eigenvalue weighted by atomic mass is 10.0. The average Bonchev–Trinajstić information content (AvgIpc) is 2.30. The van der Waals surface area contributed by atoms with E-state index >= 15 is 0 Å². The van der Waals surface area contributed by atoms with Crippen molar-refractivity contribution in [2.75, 3.05) is 0 Å². The van der Waals surface area contributed by atoms with Crippen LogP contribution in [0.15, 0.2) is 48.5 Å². The summed E-state index contributed by atoms with van der Waals surface area (Å²) in [5.41, 5.74) is 1.67. The van der Waals surface area contributed by atoms with Crippen LogP contribution >= 0.6 is 0 Å². The molecule has 0 heterocycles. The highest BCUT2D eigenvalue weighted by molar-refractivity contribution is 7.59. The maximum absolute atomic E-state index is 12.7. The highest BCUT2D eigenvalue weighted by Crippen LogP contribution is 2.23. The van der Waals surface area contributed by atoms with Crippen LogP contribution in [0.1, 0.15) is 16.4 Å². The van der Waals surface area contributed by atoms with Gasteiger partial charge >= 0.3 is 0 Å². The van der Waals surface area contributed by atoms with Crippen molar-refractivity contribution in [1.29, 1.82) is 0 Å². The average molecular weight is 235 g/mol. The lowest BCUT2D eigenvalue weighted by Crippen LogP contribution is -1.97. The van der Waals surface area contributed by atoms with Crippen LogP contribution in [0.3, 0.4) is 0 Å². The Bertz CT molecular complexity index is 417. The molecule has 0 N–H and O–H groups in total. The van der Waals surface area contributed by atoms with E-state index in [-0.39, 0.29) is 16.9 Å². The first-order chi connectivity index (χ1) is 7.66. The van der Waals surface area contributed by atoms with E-state index in [1.165, 1.54) is 24.3 Å². The third-order valence-corrected chi connectivity index (χ3v) is 2.89. The summed E-state index contributed by atoms with van der Waals surface area (Å²) < 4.78 is 25.4. The first-order valence-corrected chi connectivity index (χ1v) is 5.31. The third kappa shape index (κ3) is 2.42. The lowest BCUT2D eigenvalue weighted by molar-refractivity contribution is 0.626. The molecule has 0 radical (unpaired) electrons. The van der Waals surface area contributed by atoms with E-state index < -0.39 is 0 Å². The van der Waals surface area contributed by atoms with Gasteiger partial charge in [-0.05, 0) is 24.3 Å². The van der Waals surface area contributed by atoms with Gasteiger partial charge < -0.3 is 12.6 Å². The molecule has 0 spiro atoms. The third-order valence-electron chi connectivity index (χ3n) is 2.35. The summed E-state index contributed by atoms with van der Waals surface area (Å²) in [5.74, 6) is -0.574. The van der Waals surface area contributed by atoms with E-state index in [1.54, 1.807) is 24.3 Å². The molecule has 0 aromatic heterocycles. The zero-order chi connectivity index (χ0) is 11.5. The Morgan fingerprint density at radius 1 is 0.688 bits per heavy atom. The summed E-state index contributed by atoms with van der Waals surface area (Å²) >= 11 is 5.31. The number of halogens is 2. The van der Waals surface area contributed by atoms with Gasteiger partial charge in [0.15, 0.2) is 0 Å². The topological polar surface area (TPSA) is 0 Å². The van der Waals surface area contributed by atoms with Crippen molar-refractivity contribution in [2.45, 2.75) is 5.25 Å². The van der Waals surface area contributed by atoms with E-state index in [9.17, 15) is 8.78 Å². The summed E-state index contributed by atoms with van der Waals surface area (Å²) in [6.45, 7) is 0. The van der Waals surface area contributed by atoms with Crippen LogP contribution in [0.2, 0.25) is 0 Å². The fraction of sp³-hybridized carbons (Fsp3) is 0.0769. The summed E-state index contributed by atoms with van der Waals surface area (Å²) in [7, 11) is 0. The van der Waals surface area contributed by atoms with Crippen molar-refractivity contribution in [2.24, 2.45) is 0 Å². The molecule has 0 aliphatic heterocycles. The molecule has 2 aromatic rings. The first-order valence-electron chi connectivity index (χ1n) is 4.83. The highest BCUT2D eigenvalue weighted by Gasteiger charge is 2.01. The van der Waals surface area contributed by atoms with E-state index in [1.807, 2.05) is 0 Å². The van der Waals surface area contributed by atoms with Crippen LogP contribution in [0.5, 0.6) is 0 Å². The van der Waals surface area contributed by atoms with E-state index in [4.69, 9.17) is 12.6 Å². The molecule has 0 aliphatic rings. The SMILES string of the molecule is Fc1ccc(C([S-])c2ccc(F)cc2)cc1. The second kappa shape index (κ2) is 4.66. The minimum Gasteiger partial charge on any atom is -0.780 e. The Kier molecular flexibility index (Phi) is 3.25. The van der Waals surface area contributed by atoms with Gasteiger partial charge in [0.25, 0.3) is 0 Å². The van der Waals surface area contributed by atoms with Gasteiger partial charge in [-0.15, -0.1) is 5.25 Å². The molecule has 0 atom stereocenters. The molecule has 0 saturated heterocycles. The maximum Gasteiger partial charge on any atom is 0.123 e. The van der Waals surface area contributed by atoms with Gasteiger partial charge in [-0.25, -0.2) is 8.78 Å². The highest BCUT2D eigenvalue weighted by atomic mass is 32.1. The van der Waals surface area contributed by atoms with E-state index in [0.29, 0.717) is 0 Å². The Morgan fingerprint density at radius 2 is 1.00 bits per heavy atom. The Hall–Kier alpha value is -1.35. The predicted molar refractivity (Wildman–Crippen MR) is 62.0 cm³/mol. The van der Waals surface area contributed by atoms with Crippen molar-refractivity contribution in [3.8, 4) is 0 Å². The fourth-order valence-corrected chi connectivity index (χ4v) is 1.78. The van der Waals surface area contributed by atoms with E-state index in [2.05, 4.69) is 0 Å². The van der Waals surface area contributed by atoms with Crippen LogP contribution in [0, 0.1) is 11.6 Å². The van der Waals surface area contributed by atoms with Gasteiger partial charge in [-0.2, -0.15) is 0 Å². The molecule has 3 heteroatoms. The van der Waals surface area contributed by atoms with Gasteiger partial charge in [0.1, 0.15) is 11.6 Å². The molecule has 0 nitrogen and oxygen atoms in total. The molecule has 0 bridgehead atoms. The van der Waals surface area contributed by atoms with Crippen molar-refractivity contribution in [1.82, 2.24) is 0 Å². The van der Waals surface area contributed by atoms with Crippen molar-refractivity contribution >= 4 is 12.6 Å². The minimum atomic E-state index is -0.287. The zero-order valence-electron chi connectivity index (χ0n) is 8.36. The Balaban J connectivity index is 2.28. The fourth-order valence-electron chi connectivity index (χ4n) is 1.47. The standard InChI is InChI=1S/C13H10F2S/c14-11-5-1-9(2-6-11)13(16)10-3-7-12(15)8-4-10/h1-8,13,16H/p-1. The number of benzene rings is 2. The predicted octanol–water partition coefficient (Wildman–Crippen LogP) is 3.60. The molecule has 0 unspecified atom stereocenters. The van der Waals surface area contributed by atoms with E-state index in [0.717, 1.165) is 11.1 Å². The molecule has 0 fully saturated rings. The molecule has 2 aromatic carbocycles. The zero-order valence-corrected chi connectivity index (χ0v) is 9.18. The first kappa shape index (κ1) is 11.1. The second-order valence-electron chi connectivity index (χ2n) is 3.48. The van der Waals surface area contributed by atoms with Crippen LogP contribution in [-0.4, -0.2) is 0 Å². The van der Waals surface area contributed by atoms with Gasteiger partial charge in [-0.1, -0.05) is 35.4 Å². The molecule has 0 aliphatic carbocycles. The minimum absolute atomic E-state index is 0.277. The van der Waals surface area contributed by atoms with Gasteiger partial charge in [-0.3, -0.25) is 0 Å². The lowest BCUT2D eigenvalue weighted by Gasteiger charge is -2.23. The van der Waals surface area contributed by atoms with Crippen LogP contribution in [-0.2, 0) is 12.6 Å². The van der Waals surface area contributed by atoms with Crippen molar-refractivity contribution in [3.05, 3.63) is 71.3 Å². The Labute approximate surface area is 98.3 Å². The number of hydrogen-bond acceptors (Lipinski definition) is 1. The summed E-state index contributed by atoms with van der Waals surface area (Å²) in [4.78, 5) is 0. The van der Waals surface area contributed by atoms with Crippen molar-refractivity contribution < 1.29 is 8.78 Å². The number of hydrogen-bond donors (Lipinski definition) is 0. The normalized spacial score (nSPS) is 10.8. The van der Waals surface area contributed by atoms with Crippen LogP contribution < -0.4 is 0 Å². The molecule has 16 heavy (non-hydrogen) atoms. The summed E-state index contributed by atoms with van der Waals surface area (Å²) in [6.07, 6.45) is 0. The second-order valence-corrected chi connectivity index (χ2v) is 3.95. The maximum atomic E-state index is 12.7. The quantitative estimate of drug-likeness (QED) is 0.717. The molecule has 0 amide bonds. The molecular weight excluding hydrogens is 226 g/mol. The molecular formula is C13H9F2S-. The molecule has 0 saturated carbocycles. The van der Waals surface area contributed by atoms with Gasteiger partial charge in [0, 0.05) is 0 Å². The van der Waals surface area contributed by atoms with Gasteiger partial charge in [0.2, 0.25) is 0 Å². The molecule has 2 rings (SSSR count). The summed E-state index contributed by atoms with van der Waals surface area (Å²) in [5, 5.41) is -0.277. The smallest absolute Gasteiger partial charge is 0.123 e. The van der Waals surface area contributed by atoms with Crippen molar-refractivity contribution in [3.63, 3.8) is 0 Å². The largest absolute Gasteiger partial charge is 0.780 e.